The van der Waals surface area contributed by atoms with Gasteiger partial charge in [0.1, 0.15) is 12.4 Å². The third-order valence-corrected chi connectivity index (χ3v) is 2.16. The highest BCUT2D eigenvalue weighted by Crippen LogP contribution is 2.16. The van der Waals surface area contributed by atoms with Crippen LogP contribution in [-0.4, -0.2) is 24.9 Å². The van der Waals surface area contributed by atoms with Crippen molar-refractivity contribution in [2.75, 3.05) is 18.0 Å². The second-order valence-corrected chi connectivity index (χ2v) is 3.24. The molecule has 0 spiro atoms. The number of nitrogens with one attached hydrogen (secondary N) is 1. The Morgan fingerprint density at radius 3 is 2.87 bits per heavy atom. The summed E-state index contributed by atoms with van der Waals surface area (Å²) in [6.45, 7) is -0.0857. The molecular weight excluding hydrogens is 199 g/mol. The van der Waals surface area contributed by atoms with E-state index >= 15 is 0 Å². The fourth-order valence-corrected chi connectivity index (χ4v) is 1.44. The minimum atomic E-state index is -0.425. The molecule has 1 aromatic rings. The lowest BCUT2D eigenvalue weighted by Crippen LogP contribution is -2.51. The molecule has 1 N–H and O–H groups in total. The maximum Gasteiger partial charge on any atom is 0.246 e. The Kier molecular flexibility index (Phi) is 2.37. The van der Waals surface area contributed by atoms with Crippen molar-refractivity contribution in [3.63, 3.8) is 0 Å². The van der Waals surface area contributed by atoms with Gasteiger partial charge >= 0.3 is 0 Å². The van der Waals surface area contributed by atoms with E-state index in [1.165, 1.54) is 23.1 Å². The smallest absolute Gasteiger partial charge is 0.246 e. The van der Waals surface area contributed by atoms with Crippen molar-refractivity contribution < 1.29 is 14.0 Å². The van der Waals surface area contributed by atoms with Crippen molar-refractivity contribution in [1.82, 2.24) is 5.32 Å². The van der Waals surface area contributed by atoms with Crippen molar-refractivity contribution in [2.24, 2.45) is 0 Å². The second kappa shape index (κ2) is 3.68. The third kappa shape index (κ3) is 1.96. The first-order valence-electron chi connectivity index (χ1n) is 4.49. The first-order valence-corrected chi connectivity index (χ1v) is 4.49. The quantitative estimate of drug-likeness (QED) is 0.721. The minimum absolute atomic E-state index is 0.0324. The summed E-state index contributed by atoms with van der Waals surface area (Å²) in [6.07, 6.45) is 0. The lowest BCUT2D eigenvalue weighted by molar-refractivity contribution is -0.128. The molecule has 0 saturated carbocycles. The molecule has 0 unspecified atom stereocenters. The summed E-state index contributed by atoms with van der Waals surface area (Å²) in [6, 6.07) is 5.62. The van der Waals surface area contributed by atoms with Gasteiger partial charge in [0.15, 0.2) is 0 Å². The molecule has 15 heavy (non-hydrogen) atoms. The number of carbonyl (C=O) groups excluding carboxylic acids is 2. The highest BCUT2D eigenvalue weighted by Gasteiger charge is 2.24. The summed E-state index contributed by atoms with van der Waals surface area (Å²) in [4.78, 5) is 23.8. The van der Waals surface area contributed by atoms with Crippen molar-refractivity contribution in [1.29, 1.82) is 0 Å². The Balaban J connectivity index is 2.28. The molecule has 0 aromatic heterocycles. The first kappa shape index (κ1) is 9.64. The lowest BCUT2D eigenvalue weighted by atomic mass is 10.2. The van der Waals surface area contributed by atoms with Crippen LogP contribution in [0.1, 0.15) is 0 Å². The largest absolute Gasteiger partial charge is 0.345 e. The average Bonchev–Trinajstić information content (AvgIpc) is 2.22. The summed E-state index contributed by atoms with van der Waals surface area (Å²) in [5.41, 5.74) is 0.412. The Labute approximate surface area is 85.7 Å². The van der Waals surface area contributed by atoms with Crippen molar-refractivity contribution >= 4 is 17.5 Å². The van der Waals surface area contributed by atoms with Crippen LogP contribution in [0, 0.1) is 5.82 Å². The molecular formula is C10H9FN2O2. The number of anilines is 1. The van der Waals surface area contributed by atoms with Crippen molar-refractivity contribution in [3.8, 4) is 0 Å². The van der Waals surface area contributed by atoms with E-state index in [4.69, 9.17) is 0 Å². The number of rotatable bonds is 1. The van der Waals surface area contributed by atoms with E-state index in [1.807, 2.05) is 0 Å². The van der Waals surface area contributed by atoms with Gasteiger partial charge in [-0.2, -0.15) is 0 Å². The molecule has 1 fully saturated rings. The number of benzene rings is 1. The monoisotopic (exact) mass is 208 g/mol. The molecule has 0 bridgehead atoms. The van der Waals surface area contributed by atoms with Crippen LogP contribution in [0.15, 0.2) is 24.3 Å². The fraction of sp³-hybridized carbons (Fsp3) is 0.200. The van der Waals surface area contributed by atoms with E-state index in [-0.39, 0.29) is 24.9 Å². The molecule has 0 radical (unpaired) electrons. The number of nitrogens with zero attached hydrogens (tertiary/aromatic N) is 1. The van der Waals surface area contributed by atoms with Crippen LogP contribution in [0.5, 0.6) is 0 Å². The number of halogens is 1. The SMILES string of the molecule is O=C1CN(c2cccc(F)c2)C(=O)CN1. The number of hydrogen-bond acceptors (Lipinski definition) is 2. The Hall–Kier alpha value is -1.91. The van der Waals surface area contributed by atoms with Crippen LogP contribution in [0.3, 0.4) is 0 Å². The molecule has 78 valence electrons. The van der Waals surface area contributed by atoms with Crippen LogP contribution >= 0.6 is 0 Å². The predicted octanol–water partition coefficient (Wildman–Crippen LogP) is 0.289. The first-order chi connectivity index (χ1) is 7.16. The highest BCUT2D eigenvalue weighted by molar-refractivity contribution is 6.04. The topological polar surface area (TPSA) is 49.4 Å². The van der Waals surface area contributed by atoms with Gasteiger partial charge in [-0.15, -0.1) is 0 Å². The zero-order valence-corrected chi connectivity index (χ0v) is 7.87. The molecule has 2 amide bonds. The van der Waals surface area contributed by atoms with E-state index in [1.54, 1.807) is 6.07 Å². The summed E-state index contributed by atoms with van der Waals surface area (Å²) < 4.78 is 12.9. The van der Waals surface area contributed by atoms with Gasteiger partial charge < -0.3 is 10.2 Å². The maximum absolute atomic E-state index is 12.9. The molecule has 2 rings (SSSR count). The third-order valence-electron chi connectivity index (χ3n) is 2.16. The van der Waals surface area contributed by atoms with E-state index in [9.17, 15) is 14.0 Å². The van der Waals surface area contributed by atoms with Gasteiger partial charge in [-0.1, -0.05) is 6.07 Å². The molecule has 5 heteroatoms. The van der Waals surface area contributed by atoms with Gasteiger partial charge in [0.05, 0.1) is 6.54 Å². The van der Waals surface area contributed by atoms with E-state index in [2.05, 4.69) is 5.32 Å². The fourth-order valence-electron chi connectivity index (χ4n) is 1.44. The molecule has 1 aliphatic rings. The summed E-state index contributed by atoms with van der Waals surface area (Å²) in [5, 5.41) is 2.42. The zero-order chi connectivity index (χ0) is 10.8. The molecule has 0 aliphatic carbocycles. The molecule has 1 aromatic carbocycles. The molecule has 0 atom stereocenters. The van der Waals surface area contributed by atoms with Crippen LogP contribution in [-0.2, 0) is 9.59 Å². The molecule has 1 heterocycles. The van der Waals surface area contributed by atoms with Gasteiger partial charge in [-0.3, -0.25) is 9.59 Å². The molecule has 4 nitrogen and oxygen atoms in total. The summed E-state index contributed by atoms with van der Waals surface area (Å²) >= 11 is 0. The summed E-state index contributed by atoms with van der Waals surface area (Å²) in [5.74, 6) is -0.898. The van der Waals surface area contributed by atoms with Gasteiger partial charge in [-0.05, 0) is 18.2 Å². The van der Waals surface area contributed by atoms with Crippen LogP contribution in [0.4, 0.5) is 10.1 Å². The average molecular weight is 208 g/mol. The van der Waals surface area contributed by atoms with Gasteiger partial charge in [-0.25, -0.2) is 4.39 Å². The van der Waals surface area contributed by atoms with E-state index in [0.717, 1.165) is 0 Å². The molecule has 1 saturated heterocycles. The number of amides is 2. The van der Waals surface area contributed by atoms with Gasteiger partial charge in [0.25, 0.3) is 0 Å². The normalized spacial score (nSPS) is 16.5. The van der Waals surface area contributed by atoms with Crippen molar-refractivity contribution in [2.45, 2.75) is 0 Å². The maximum atomic E-state index is 12.9. The molecule has 1 aliphatic heterocycles. The second-order valence-electron chi connectivity index (χ2n) is 3.24. The highest BCUT2D eigenvalue weighted by atomic mass is 19.1. The standard InChI is InChI=1S/C10H9FN2O2/c11-7-2-1-3-8(4-7)13-6-9(14)12-5-10(13)15/h1-4H,5-6H2,(H,12,14). The number of piperazine rings is 1. The predicted molar refractivity (Wildman–Crippen MR) is 51.8 cm³/mol. The zero-order valence-electron chi connectivity index (χ0n) is 7.87. The number of hydrogen-bond donors (Lipinski definition) is 1. The minimum Gasteiger partial charge on any atom is -0.345 e. The Morgan fingerprint density at radius 1 is 1.33 bits per heavy atom. The Bertz CT molecular complexity index is 420. The van der Waals surface area contributed by atoms with Crippen LogP contribution in [0.2, 0.25) is 0 Å². The van der Waals surface area contributed by atoms with Crippen LogP contribution in [0.25, 0.3) is 0 Å². The van der Waals surface area contributed by atoms with Crippen LogP contribution < -0.4 is 10.2 Å². The van der Waals surface area contributed by atoms with E-state index in [0.29, 0.717) is 5.69 Å². The lowest BCUT2D eigenvalue weighted by Gasteiger charge is -2.26. The van der Waals surface area contributed by atoms with Gasteiger partial charge in [0, 0.05) is 5.69 Å². The summed E-state index contributed by atoms with van der Waals surface area (Å²) in [7, 11) is 0. The Morgan fingerprint density at radius 2 is 2.13 bits per heavy atom. The van der Waals surface area contributed by atoms with Crippen molar-refractivity contribution in [3.05, 3.63) is 30.1 Å². The number of carbonyl (C=O) groups is 2. The van der Waals surface area contributed by atoms with Gasteiger partial charge in [0.2, 0.25) is 11.8 Å². The van der Waals surface area contributed by atoms with E-state index < -0.39 is 5.82 Å².